The Morgan fingerprint density at radius 2 is 1.75 bits per heavy atom. The average Bonchev–Trinajstić information content (AvgIpc) is 2.41. The molecule has 0 aliphatic heterocycles. The average molecular weight is 388 g/mol. The second-order valence-electron chi connectivity index (χ2n) is 3.05. The summed E-state index contributed by atoms with van der Waals surface area (Å²) >= 11 is 6.57. The lowest BCUT2D eigenvalue weighted by Gasteiger charge is -2.24. The van der Waals surface area contributed by atoms with E-state index in [2.05, 4.69) is 31.9 Å². The summed E-state index contributed by atoms with van der Waals surface area (Å²) in [5.41, 5.74) is -0.0563. The van der Waals surface area contributed by atoms with Crippen molar-refractivity contribution in [3.05, 3.63) is 20.3 Å². The van der Waals surface area contributed by atoms with Crippen LogP contribution < -0.4 is 0 Å². The zero-order valence-corrected chi connectivity index (χ0v) is 11.7. The number of rotatable bonds is 2. The summed E-state index contributed by atoms with van der Waals surface area (Å²) in [7, 11) is 0. The number of hydrogen-bond donors (Lipinski definition) is 0. The summed E-state index contributed by atoms with van der Waals surface area (Å²) in [5, 5.41) is 0. The fourth-order valence-electron chi connectivity index (χ4n) is 1.05. The molecule has 92 valence electrons. The number of halogens is 7. The largest absolute Gasteiger partial charge is 0.454 e. The molecule has 1 aromatic heterocycles. The second kappa shape index (κ2) is 4.53. The predicted octanol–water partition coefficient (Wildman–Crippen LogP) is 5.45. The highest BCUT2D eigenvalue weighted by molar-refractivity contribution is 9.11. The zero-order chi connectivity index (χ0) is 12.7. The van der Waals surface area contributed by atoms with Gasteiger partial charge < -0.3 is 0 Å². The lowest BCUT2D eigenvalue weighted by molar-refractivity contribution is -0.281. The van der Waals surface area contributed by atoms with Gasteiger partial charge in [-0.15, -0.1) is 11.3 Å². The molecule has 1 aromatic rings. The Kier molecular flexibility index (Phi) is 4.07. The van der Waals surface area contributed by atoms with Gasteiger partial charge in [0.2, 0.25) is 0 Å². The summed E-state index contributed by atoms with van der Waals surface area (Å²) in [6.45, 7) is 1.49. The van der Waals surface area contributed by atoms with E-state index < -0.39 is 16.9 Å². The van der Waals surface area contributed by atoms with Crippen LogP contribution in [0, 0.1) is 6.92 Å². The van der Waals surface area contributed by atoms with Gasteiger partial charge in [-0.2, -0.15) is 22.0 Å². The van der Waals surface area contributed by atoms with E-state index in [4.69, 9.17) is 0 Å². The van der Waals surface area contributed by atoms with Crippen molar-refractivity contribution in [1.82, 2.24) is 0 Å². The summed E-state index contributed by atoms with van der Waals surface area (Å²) < 4.78 is 62.9. The molecule has 0 radical (unpaired) electrons. The maximum absolute atomic E-state index is 13.0. The minimum Gasteiger partial charge on any atom is -0.195 e. The van der Waals surface area contributed by atoms with Crippen LogP contribution in [0.4, 0.5) is 22.0 Å². The molecule has 8 heteroatoms. The maximum atomic E-state index is 13.0. The predicted molar refractivity (Wildman–Crippen MR) is 59.4 cm³/mol. The molecular weight excluding hydrogens is 383 g/mol. The van der Waals surface area contributed by atoms with E-state index in [1.165, 1.54) is 13.0 Å². The van der Waals surface area contributed by atoms with Gasteiger partial charge in [-0.05, 0) is 34.5 Å². The SMILES string of the molecule is Cc1sc(Br)cc1C(Br)C(F)(F)C(F)(F)F. The van der Waals surface area contributed by atoms with Crippen molar-refractivity contribution < 1.29 is 22.0 Å². The molecule has 0 N–H and O–H groups in total. The minimum atomic E-state index is -5.57. The lowest BCUT2D eigenvalue weighted by Crippen LogP contribution is -2.40. The first kappa shape index (κ1) is 14.4. The van der Waals surface area contributed by atoms with Crippen LogP contribution >= 0.6 is 43.2 Å². The third-order valence-electron chi connectivity index (χ3n) is 1.90. The van der Waals surface area contributed by atoms with Gasteiger partial charge in [0, 0.05) is 4.88 Å². The van der Waals surface area contributed by atoms with Gasteiger partial charge in [-0.3, -0.25) is 0 Å². The summed E-state index contributed by atoms with van der Waals surface area (Å²) in [4.78, 5) is -1.65. The number of alkyl halides is 6. The molecule has 0 aliphatic carbocycles. The maximum Gasteiger partial charge on any atom is 0.454 e. The van der Waals surface area contributed by atoms with Crippen LogP contribution in [0.2, 0.25) is 0 Å². The van der Waals surface area contributed by atoms with Crippen molar-refractivity contribution in [3.63, 3.8) is 0 Å². The van der Waals surface area contributed by atoms with Crippen LogP contribution in [0.25, 0.3) is 0 Å². The second-order valence-corrected chi connectivity index (χ2v) is 6.60. The highest BCUT2D eigenvalue weighted by atomic mass is 79.9. The Bertz CT molecular complexity index is 384. The van der Waals surface area contributed by atoms with Crippen molar-refractivity contribution in [3.8, 4) is 0 Å². The molecule has 0 aliphatic rings. The van der Waals surface area contributed by atoms with E-state index in [1.54, 1.807) is 0 Å². The molecule has 0 saturated heterocycles. The van der Waals surface area contributed by atoms with E-state index in [-0.39, 0.29) is 5.56 Å². The molecule has 0 aromatic carbocycles. The van der Waals surface area contributed by atoms with Crippen LogP contribution in [0.3, 0.4) is 0 Å². The number of hydrogen-bond acceptors (Lipinski definition) is 1. The Morgan fingerprint density at radius 1 is 1.25 bits per heavy atom. The van der Waals surface area contributed by atoms with Gasteiger partial charge in [0.1, 0.15) is 4.83 Å². The van der Waals surface area contributed by atoms with E-state index in [9.17, 15) is 22.0 Å². The van der Waals surface area contributed by atoms with Crippen molar-refractivity contribution in [1.29, 1.82) is 0 Å². The molecule has 1 unspecified atom stereocenters. The van der Waals surface area contributed by atoms with Crippen molar-refractivity contribution in [2.45, 2.75) is 23.8 Å². The Hall–Kier alpha value is 0.310. The number of aryl methyl sites for hydroxylation is 1. The first-order chi connectivity index (χ1) is 7.07. The molecule has 16 heavy (non-hydrogen) atoms. The van der Waals surface area contributed by atoms with E-state index in [0.29, 0.717) is 8.66 Å². The highest BCUT2D eigenvalue weighted by Crippen LogP contribution is 2.50. The normalized spacial score (nSPS) is 15.2. The quantitative estimate of drug-likeness (QED) is 0.467. The van der Waals surface area contributed by atoms with Crippen molar-refractivity contribution in [2.24, 2.45) is 0 Å². The van der Waals surface area contributed by atoms with Crippen molar-refractivity contribution >= 4 is 43.2 Å². The smallest absolute Gasteiger partial charge is 0.195 e. The van der Waals surface area contributed by atoms with E-state index >= 15 is 0 Å². The fraction of sp³-hybridized carbons (Fsp3) is 0.500. The third-order valence-corrected chi connectivity index (χ3v) is 4.53. The van der Waals surface area contributed by atoms with Crippen LogP contribution in [-0.4, -0.2) is 12.1 Å². The molecule has 0 fully saturated rings. The Balaban J connectivity index is 3.11. The Morgan fingerprint density at radius 3 is 2.06 bits per heavy atom. The third kappa shape index (κ3) is 2.59. The van der Waals surface area contributed by atoms with Crippen LogP contribution in [-0.2, 0) is 0 Å². The highest BCUT2D eigenvalue weighted by Gasteiger charge is 2.62. The van der Waals surface area contributed by atoms with Gasteiger partial charge in [-0.1, -0.05) is 15.9 Å². The monoisotopic (exact) mass is 386 g/mol. The summed E-state index contributed by atoms with van der Waals surface area (Å²) in [5.74, 6) is -4.79. The molecular formula is C8H5Br2F5S. The lowest BCUT2D eigenvalue weighted by atomic mass is 10.1. The van der Waals surface area contributed by atoms with Gasteiger partial charge in [-0.25, -0.2) is 0 Å². The minimum absolute atomic E-state index is 0.0563. The molecule has 1 heterocycles. The molecule has 1 rings (SSSR count). The van der Waals surface area contributed by atoms with Crippen molar-refractivity contribution in [2.75, 3.05) is 0 Å². The summed E-state index contributed by atoms with van der Waals surface area (Å²) in [6, 6.07) is 1.26. The first-order valence-electron chi connectivity index (χ1n) is 3.92. The molecule has 0 bridgehead atoms. The van der Waals surface area contributed by atoms with Gasteiger partial charge in [0.05, 0.1) is 3.79 Å². The molecule has 0 amide bonds. The van der Waals surface area contributed by atoms with E-state index in [1.807, 2.05) is 0 Å². The standard InChI is InChI=1S/C8H5Br2F5S/c1-3-4(2-5(9)16-3)6(10)7(11,12)8(13,14)15/h2,6H,1H3. The fourth-order valence-corrected chi connectivity index (χ4v) is 3.68. The van der Waals surface area contributed by atoms with Gasteiger partial charge in [0.15, 0.2) is 0 Å². The molecule has 1 atom stereocenters. The molecule has 0 saturated carbocycles. The van der Waals surface area contributed by atoms with Crippen LogP contribution in [0.5, 0.6) is 0 Å². The first-order valence-corrected chi connectivity index (χ1v) is 6.44. The van der Waals surface area contributed by atoms with E-state index in [0.717, 1.165) is 11.3 Å². The number of thiophene rings is 1. The Labute approximate surface area is 109 Å². The summed E-state index contributed by atoms with van der Waals surface area (Å²) in [6.07, 6.45) is -5.57. The van der Waals surface area contributed by atoms with Gasteiger partial charge in [0.25, 0.3) is 0 Å². The molecule has 0 spiro atoms. The van der Waals surface area contributed by atoms with Gasteiger partial charge >= 0.3 is 12.1 Å². The zero-order valence-electron chi connectivity index (χ0n) is 7.71. The topological polar surface area (TPSA) is 0 Å². The van der Waals surface area contributed by atoms with Crippen LogP contribution in [0.1, 0.15) is 15.3 Å². The molecule has 0 nitrogen and oxygen atoms in total. The van der Waals surface area contributed by atoms with Crippen LogP contribution in [0.15, 0.2) is 9.85 Å².